The predicted octanol–water partition coefficient (Wildman–Crippen LogP) is 5.81. The Balaban J connectivity index is 1.31. The molecule has 3 aromatic rings. The van der Waals surface area contributed by atoms with E-state index in [1.54, 1.807) is 18.0 Å². The number of rotatable bonds is 4. The van der Waals surface area contributed by atoms with Gasteiger partial charge in [0, 0.05) is 10.9 Å². The minimum Gasteiger partial charge on any atom is -0.469 e. The van der Waals surface area contributed by atoms with Gasteiger partial charge in [-0.2, -0.15) is 13.2 Å². The van der Waals surface area contributed by atoms with Gasteiger partial charge < -0.3 is 9.73 Å². The minimum absolute atomic E-state index is 0.00275. The van der Waals surface area contributed by atoms with Crippen LogP contribution in [0.15, 0.2) is 56.9 Å². The Morgan fingerprint density at radius 1 is 1.18 bits per heavy atom. The summed E-state index contributed by atoms with van der Waals surface area (Å²) in [6, 6.07) is 8.32. The molecular weight excluding hydrogens is 485 g/mol. The highest BCUT2D eigenvalue weighted by Crippen LogP contribution is 2.64. The van der Waals surface area contributed by atoms with Gasteiger partial charge >= 0.3 is 11.0 Å². The molecule has 34 heavy (non-hydrogen) atoms. The van der Waals surface area contributed by atoms with Crippen molar-refractivity contribution >= 4 is 34.7 Å². The summed E-state index contributed by atoms with van der Waals surface area (Å²) in [4.78, 5) is 26.5. The SMILES string of the molecule is O=C(Cn1c2c(sc1=O)C(c1ccco1)C1C3CCC(C3)C1S2)Nc1cccc(C(F)(F)F)c1. The first kappa shape index (κ1) is 22.0. The molecule has 5 atom stereocenters. The Morgan fingerprint density at radius 3 is 2.76 bits per heavy atom. The molecule has 5 unspecified atom stereocenters. The molecule has 1 amide bonds. The number of alkyl halides is 3. The number of nitrogens with zero attached hydrogens (tertiary/aromatic N) is 1. The Bertz CT molecular complexity index is 1300. The van der Waals surface area contributed by atoms with Crippen LogP contribution in [0.1, 0.15) is 41.4 Å². The topological polar surface area (TPSA) is 64.2 Å². The van der Waals surface area contributed by atoms with E-state index in [1.807, 2.05) is 12.1 Å². The molecule has 6 rings (SSSR count). The van der Waals surface area contributed by atoms with Gasteiger partial charge in [0.05, 0.1) is 27.6 Å². The van der Waals surface area contributed by atoms with E-state index in [1.165, 1.54) is 36.0 Å². The molecule has 1 aliphatic heterocycles. The highest BCUT2D eigenvalue weighted by atomic mass is 32.2. The summed E-state index contributed by atoms with van der Waals surface area (Å²) < 4.78 is 46.3. The summed E-state index contributed by atoms with van der Waals surface area (Å²) >= 11 is 2.85. The number of fused-ring (bicyclic) bond motifs is 6. The zero-order valence-corrected chi connectivity index (χ0v) is 19.5. The fourth-order valence-corrected chi connectivity index (χ4v) is 9.12. The van der Waals surface area contributed by atoms with E-state index >= 15 is 0 Å². The molecule has 2 saturated carbocycles. The first-order chi connectivity index (χ1) is 16.3. The maximum Gasteiger partial charge on any atom is 0.416 e. The number of carbonyl (C=O) groups excluding carboxylic acids is 1. The van der Waals surface area contributed by atoms with Crippen LogP contribution in [0.2, 0.25) is 0 Å². The summed E-state index contributed by atoms with van der Waals surface area (Å²) in [5.41, 5.74) is -0.791. The summed E-state index contributed by atoms with van der Waals surface area (Å²) in [6.45, 7) is -0.246. The molecule has 1 aromatic carbocycles. The maximum absolute atomic E-state index is 13.0. The smallest absolute Gasteiger partial charge is 0.416 e. The Labute approximate surface area is 201 Å². The number of hydrogen-bond donors (Lipinski definition) is 1. The number of halogens is 3. The molecular formula is C24H21F3N2O3S2. The van der Waals surface area contributed by atoms with Gasteiger partial charge in [-0.1, -0.05) is 17.4 Å². The molecule has 0 radical (unpaired) electrons. The van der Waals surface area contributed by atoms with Gasteiger partial charge in [-0.25, -0.2) is 0 Å². The molecule has 2 bridgehead atoms. The van der Waals surface area contributed by atoms with Gasteiger partial charge in [-0.05, 0) is 67.3 Å². The molecule has 3 heterocycles. The van der Waals surface area contributed by atoms with Crippen molar-refractivity contribution in [2.75, 3.05) is 5.32 Å². The van der Waals surface area contributed by atoms with E-state index in [-0.39, 0.29) is 23.0 Å². The number of anilines is 1. The van der Waals surface area contributed by atoms with E-state index < -0.39 is 17.6 Å². The quantitative estimate of drug-likeness (QED) is 0.485. The molecule has 0 spiro atoms. The second-order valence-electron chi connectivity index (χ2n) is 9.24. The molecule has 2 aliphatic carbocycles. The Morgan fingerprint density at radius 2 is 2.00 bits per heavy atom. The molecule has 0 saturated heterocycles. The van der Waals surface area contributed by atoms with Crippen molar-refractivity contribution in [2.45, 2.75) is 48.2 Å². The van der Waals surface area contributed by atoms with Crippen molar-refractivity contribution in [3.8, 4) is 0 Å². The van der Waals surface area contributed by atoms with Crippen LogP contribution >= 0.6 is 23.1 Å². The second kappa shape index (κ2) is 8.05. The van der Waals surface area contributed by atoms with Gasteiger partial charge in [0.25, 0.3) is 0 Å². The minimum atomic E-state index is -4.50. The summed E-state index contributed by atoms with van der Waals surface area (Å²) in [5, 5.41) is 3.68. The zero-order chi connectivity index (χ0) is 23.6. The van der Waals surface area contributed by atoms with E-state index in [9.17, 15) is 22.8 Å². The third-order valence-electron chi connectivity index (χ3n) is 7.32. The number of amides is 1. The Kier molecular flexibility index (Phi) is 5.22. The van der Waals surface area contributed by atoms with Crippen LogP contribution in [0, 0.1) is 17.8 Å². The highest BCUT2D eigenvalue weighted by Gasteiger charge is 2.56. The predicted molar refractivity (Wildman–Crippen MR) is 123 cm³/mol. The fourth-order valence-electron chi connectivity index (χ4n) is 5.99. The summed E-state index contributed by atoms with van der Waals surface area (Å²) in [6.07, 6.45) is 0.728. The fraction of sp³-hybridized carbons (Fsp3) is 0.417. The van der Waals surface area contributed by atoms with Crippen LogP contribution in [0.25, 0.3) is 0 Å². The molecule has 10 heteroatoms. The number of hydrogen-bond acceptors (Lipinski definition) is 5. The van der Waals surface area contributed by atoms with Crippen molar-refractivity contribution in [3.63, 3.8) is 0 Å². The Hall–Kier alpha value is -2.46. The molecule has 2 aromatic heterocycles. The van der Waals surface area contributed by atoms with Gasteiger partial charge in [-0.3, -0.25) is 14.2 Å². The summed E-state index contributed by atoms with van der Waals surface area (Å²) in [7, 11) is 0. The van der Waals surface area contributed by atoms with E-state index in [2.05, 4.69) is 5.32 Å². The van der Waals surface area contributed by atoms with Crippen molar-refractivity contribution < 1.29 is 22.4 Å². The number of aromatic nitrogens is 1. The zero-order valence-electron chi connectivity index (χ0n) is 17.9. The molecule has 1 N–H and O–H groups in total. The normalized spacial score (nSPS) is 27.4. The van der Waals surface area contributed by atoms with Crippen LogP contribution in [0.5, 0.6) is 0 Å². The van der Waals surface area contributed by atoms with Crippen LogP contribution < -0.4 is 10.2 Å². The lowest BCUT2D eigenvalue weighted by molar-refractivity contribution is -0.137. The third kappa shape index (κ3) is 3.62. The van der Waals surface area contributed by atoms with Crippen LogP contribution in [-0.4, -0.2) is 15.7 Å². The lowest BCUT2D eigenvalue weighted by atomic mass is 9.77. The second-order valence-corrected chi connectivity index (χ2v) is 11.4. The molecule has 3 aliphatic rings. The lowest BCUT2D eigenvalue weighted by Gasteiger charge is -2.39. The molecule has 5 nitrogen and oxygen atoms in total. The lowest BCUT2D eigenvalue weighted by Crippen LogP contribution is -2.34. The van der Waals surface area contributed by atoms with E-state index in [0.717, 1.165) is 39.1 Å². The molecule has 2 fully saturated rings. The van der Waals surface area contributed by atoms with Gasteiger partial charge in [0.15, 0.2) is 0 Å². The number of benzene rings is 1. The first-order valence-corrected chi connectivity index (χ1v) is 12.9. The number of carbonyl (C=O) groups is 1. The van der Waals surface area contributed by atoms with Crippen LogP contribution in [0.4, 0.5) is 18.9 Å². The van der Waals surface area contributed by atoms with Crippen molar-refractivity contribution in [2.24, 2.45) is 17.8 Å². The number of thioether (sulfide) groups is 1. The number of nitrogens with one attached hydrogen (secondary N) is 1. The first-order valence-electron chi connectivity index (χ1n) is 11.2. The number of thiazole rings is 1. The van der Waals surface area contributed by atoms with Crippen LogP contribution in [0.3, 0.4) is 0 Å². The highest BCUT2D eigenvalue weighted by molar-refractivity contribution is 8.00. The van der Waals surface area contributed by atoms with Crippen molar-refractivity contribution in [3.05, 3.63) is 68.5 Å². The van der Waals surface area contributed by atoms with E-state index in [4.69, 9.17) is 4.42 Å². The average Bonchev–Trinajstić information content (AvgIpc) is 3.58. The monoisotopic (exact) mass is 506 g/mol. The van der Waals surface area contributed by atoms with Gasteiger partial charge in [-0.15, -0.1) is 11.8 Å². The van der Waals surface area contributed by atoms with Gasteiger partial charge in [0.1, 0.15) is 12.3 Å². The average molecular weight is 507 g/mol. The van der Waals surface area contributed by atoms with Crippen molar-refractivity contribution in [1.29, 1.82) is 0 Å². The largest absolute Gasteiger partial charge is 0.469 e. The maximum atomic E-state index is 13.0. The standard InChI is InChI=1S/C24H21F3N2O3S2/c25-24(26,27)14-3-1-4-15(10-14)28-17(30)11-29-22-21(34-23(29)31)19(16-5-2-8-32-16)18-12-6-7-13(9-12)20(18)33-22/h1-5,8,10,12-13,18-20H,6-7,9,11H2,(H,28,30). The van der Waals surface area contributed by atoms with Crippen LogP contribution in [-0.2, 0) is 17.5 Å². The third-order valence-corrected chi connectivity index (χ3v) is 10.1. The summed E-state index contributed by atoms with van der Waals surface area (Å²) in [5.74, 6) is 1.93. The van der Waals surface area contributed by atoms with Crippen molar-refractivity contribution in [1.82, 2.24) is 4.57 Å². The molecule has 178 valence electrons. The van der Waals surface area contributed by atoms with Gasteiger partial charge in [0.2, 0.25) is 5.91 Å². The number of furan rings is 1. The van der Waals surface area contributed by atoms with E-state index in [0.29, 0.717) is 23.0 Å².